The molecule has 1 atom stereocenters. The van der Waals surface area contributed by atoms with Crippen LogP contribution < -0.4 is 5.32 Å². The molecule has 0 spiro atoms. The van der Waals surface area contributed by atoms with Crippen LogP contribution in [0.2, 0.25) is 0 Å². The van der Waals surface area contributed by atoms with Gasteiger partial charge in [0.1, 0.15) is 6.04 Å². The molecular weight excluding hydrogens is 230 g/mol. The van der Waals surface area contributed by atoms with E-state index >= 15 is 0 Å². The molecule has 0 aromatic heterocycles. The van der Waals surface area contributed by atoms with Crippen molar-refractivity contribution < 1.29 is 14.3 Å². The third-order valence-electron chi connectivity index (χ3n) is 2.14. The van der Waals surface area contributed by atoms with Crippen molar-refractivity contribution in [2.45, 2.75) is 19.4 Å². The van der Waals surface area contributed by atoms with E-state index < -0.39 is 12.0 Å². The summed E-state index contributed by atoms with van der Waals surface area (Å²) in [6.45, 7) is 8.93. The number of carbonyl (C=O) groups is 2. The first kappa shape index (κ1) is 15.9. The Morgan fingerprint density at radius 2 is 2.06 bits per heavy atom. The lowest BCUT2D eigenvalue weighted by molar-refractivity contribution is -0.144. The molecule has 0 aliphatic carbocycles. The minimum Gasteiger partial charge on any atom is -0.467 e. The molecule has 0 saturated carbocycles. The van der Waals surface area contributed by atoms with E-state index in [0.717, 1.165) is 0 Å². The number of hydrogen-bond acceptors (Lipinski definition) is 3. The van der Waals surface area contributed by atoms with Crippen molar-refractivity contribution in [1.29, 1.82) is 0 Å². The largest absolute Gasteiger partial charge is 0.467 e. The fourth-order valence-electron chi connectivity index (χ4n) is 1.20. The number of carbonyl (C=O) groups excluding carboxylic acids is 2. The van der Waals surface area contributed by atoms with Crippen molar-refractivity contribution >= 4 is 11.9 Å². The van der Waals surface area contributed by atoms with Gasteiger partial charge in [0.2, 0.25) is 0 Å². The molecule has 0 radical (unpaired) electrons. The summed E-state index contributed by atoms with van der Waals surface area (Å²) in [6, 6.07) is -0.728. The highest BCUT2D eigenvalue weighted by atomic mass is 16.5. The highest BCUT2D eigenvalue weighted by Crippen LogP contribution is 2.02. The fourth-order valence-corrected chi connectivity index (χ4v) is 1.20. The number of methoxy groups -OCH3 is 1. The van der Waals surface area contributed by atoms with E-state index in [0.29, 0.717) is 12.0 Å². The maximum Gasteiger partial charge on any atom is 0.328 e. The summed E-state index contributed by atoms with van der Waals surface area (Å²) >= 11 is 0. The van der Waals surface area contributed by atoms with Crippen molar-refractivity contribution in [3.8, 4) is 0 Å². The Kier molecular flexibility index (Phi) is 7.94. The summed E-state index contributed by atoms with van der Waals surface area (Å²) in [6.07, 6.45) is 8.41. The van der Waals surface area contributed by atoms with E-state index in [9.17, 15) is 9.59 Å². The van der Waals surface area contributed by atoms with Gasteiger partial charge in [-0.1, -0.05) is 30.9 Å². The summed E-state index contributed by atoms with van der Waals surface area (Å²) in [4.78, 5) is 23.3. The lowest BCUT2D eigenvalue weighted by Gasteiger charge is -2.14. The number of nitrogens with one attached hydrogen (secondary N) is 1. The Labute approximate surface area is 108 Å². The molecule has 0 saturated heterocycles. The van der Waals surface area contributed by atoms with Crippen molar-refractivity contribution in [3.05, 3.63) is 49.1 Å². The molecule has 18 heavy (non-hydrogen) atoms. The molecular formula is C14H19NO3. The summed E-state index contributed by atoms with van der Waals surface area (Å²) in [5, 5.41) is 2.57. The molecule has 0 bridgehead atoms. The first-order chi connectivity index (χ1) is 8.60. The van der Waals surface area contributed by atoms with Gasteiger partial charge in [-0.05, 0) is 19.4 Å². The van der Waals surface area contributed by atoms with E-state index in [1.54, 1.807) is 24.3 Å². The summed E-state index contributed by atoms with van der Waals surface area (Å²) in [7, 11) is 1.27. The topological polar surface area (TPSA) is 55.4 Å². The molecule has 0 heterocycles. The van der Waals surface area contributed by atoms with Crippen LogP contribution in [0.1, 0.15) is 13.3 Å². The summed E-state index contributed by atoms with van der Waals surface area (Å²) in [5.41, 5.74) is 0.381. The third kappa shape index (κ3) is 5.30. The average Bonchev–Trinajstić information content (AvgIpc) is 2.38. The molecule has 0 aromatic rings. The SMILES string of the molecule is C=CCC(NC(=O)/C(C=C)=C/C=C\C)C(=O)OC. The monoisotopic (exact) mass is 249 g/mol. The quantitative estimate of drug-likeness (QED) is 0.324. The van der Waals surface area contributed by atoms with Crippen LogP contribution in [0.25, 0.3) is 0 Å². The Bertz CT molecular complexity index is 381. The standard InChI is InChI=1S/C14H19NO3/c1-5-8-10-11(7-3)13(16)15-12(9-6-2)14(17)18-4/h5-8,10,12H,2-3,9H2,1,4H3,(H,15,16)/b8-5-,11-10+. The van der Waals surface area contributed by atoms with Crippen LogP contribution in [0, 0.1) is 0 Å². The molecule has 0 aliphatic heterocycles. The Balaban J connectivity index is 4.81. The second-order valence-corrected chi connectivity index (χ2v) is 3.43. The molecule has 1 unspecified atom stereocenters. The van der Waals surface area contributed by atoms with E-state index in [2.05, 4.69) is 23.2 Å². The van der Waals surface area contributed by atoms with Gasteiger partial charge < -0.3 is 10.1 Å². The van der Waals surface area contributed by atoms with Crippen molar-refractivity contribution in [2.75, 3.05) is 7.11 Å². The first-order valence-electron chi connectivity index (χ1n) is 5.55. The molecule has 0 aromatic carbocycles. The molecule has 0 aliphatic rings. The van der Waals surface area contributed by atoms with Crippen LogP contribution in [0.4, 0.5) is 0 Å². The van der Waals surface area contributed by atoms with Crippen LogP contribution >= 0.6 is 0 Å². The Morgan fingerprint density at radius 1 is 1.39 bits per heavy atom. The van der Waals surface area contributed by atoms with Crippen LogP contribution in [0.3, 0.4) is 0 Å². The molecule has 0 rings (SSSR count). The molecule has 1 N–H and O–H groups in total. The minimum atomic E-state index is -0.728. The number of rotatable bonds is 7. The highest BCUT2D eigenvalue weighted by molar-refractivity contribution is 5.98. The average molecular weight is 249 g/mol. The maximum atomic E-state index is 11.9. The Morgan fingerprint density at radius 3 is 2.50 bits per heavy atom. The minimum absolute atomic E-state index is 0.312. The van der Waals surface area contributed by atoms with Crippen LogP contribution in [-0.4, -0.2) is 25.0 Å². The van der Waals surface area contributed by atoms with Crippen molar-refractivity contribution in [1.82, 2.24) is 5.32 Å². The normalized spacial score (nSPS) is 12.9. The van der Waals surface area contributed by atoms with E-state index in [4.69, 9.17) is 0 Å². The Hall–Kier alpha value is -2.10. The van der Waals surface area contributed by atoms with E-state index in [1.165, 1.54) is 13.2 Å². The zero-order chi connectivity index (χ0) is 14.0. The van der Waals surface area contributed by atoms with Crippen molar-refractivity contribution in [2.24, 2.45) is 0 Å². The van der Waals surface area contributed by atoms with Gasteiger partial charge in [-0.3, -0.25) is 4.79 Å². The second kappa shape index (κ2) is 8.98. The van der Waals surface area contributed by atoms with Crippen molar-refractivity contribution in [3.63, 3.8) is 0 Å². The predicted octanol–water partition coefficient (Wildman–Crippen LogP) is 1.91. The highest BCUT2D eigenvalue weighted by Gasteiger charge is 2.20. The zero-order valence-electron chi connectivity index (χ0n) is 10.8. The van der Waals surface area contributed by atoms with Gasteiger partial charge >= 0.3 is 5.97 Å². The predicted molar refractivity (Wildman–Crippen MR) is 71.9 cm³/mol. The molecule has 4 heteroatoms. The fraction of sp³-hybridized carbons (Fsp3) is 0.286. The second-order valence-electron chi connectivity index (χ2n) is 3.43. The number of ether oxygens (including phenoxy) is 1. The van der Waals surface area contributed by atoms with Crippen LogP contribution in [0.5, 0.6) is 0 Å². The lowest BCUT2D eigenvalue weighted by Crippen LogP contribution is -2.41. The third-order valence-corrected chi connectivity index (χ3v) is 2.14. The van der Waals surface area contributed by atoms with Gasteiger partial charge in [0.15, 0.2) is 0 Å². The molecule has 4 nitrogen and oxygen atoms in total. The molecule has 0 fully saturated rings. The van der Waals surface area contributed by atoms with E-state index in [-0.39, 0.29) is 5.91 Å². The van der Waals surface area contributed by atoms with Gasteiger partial charge in [0.25, 0.3) is 5.91 Å². The zero-order valence-corrected chi connectivity index (χ0v) is 10.8. The smallest absolute Gasteiger partial charge is 0.328 e. The first-order valence-corrected chi connectivity index (χ1v) is 5.55. The van der Waals surface area contributed by atoms with Gasteiger partial charge in [-0.15, -0.1) is 6.58 Å². The number of allylic oxidation sites excluding steroid dienone is 3. The van der Waals surface area contributed by atoms with Gasteiger partial charge in [0, 0.05) is 5.57 Å². The number of esters is 1. The molecule has 98 valence electrons. The number of amides is 1. The van der Waals surface area contributed by atoms with Gasteiger partial charge in [-0.25, -0.2) is 4.79 Å². The van der Waals surface area contributed by atoms with Gasteiger partial charge in [0.05, 0.1) is 7.11 Å². The lowest BCUT2D eigenvalue weighted by atomic mass is 10.1. The number of hydrogen-bond donors (Lipinski definition) is 1. The van der Waals surface area contributed by atoms with E-state index in [1.807, 2.05) is 6.92 Å². The summed E-state index contributed by atoms with van der Waals surface area (Å²) in [5.74, 6) is -0.877. The maximum absolute atomic E-state index is 11.9. The van der Waals surface area contributed by atoms with Crippen LogP contribution in [0.15, 0.2) is 49.1 Å². The summed E-state index contributed by atoms with van der Waals surface area (Å²) < 4.78 is 4.60. The molecule has 1 amide bonds. The van der Waals surface area contributed by atoms with Crippen LogP contribution in [-0.2, 0) is 14.3 Å². The van der Waals surface area contributed by atoms with Gasteiger partial charge in [-0.2, -0.15) is 0 Å².